The first-order chi connectivity index (χ1) is 15.2. The molecule has 0 unspecified atom stereocenters. The molecule has 0 saturated heterocycles. The second-order valence-corrected chi connectivity index (χ2v) is 10.7. The average Bonchev–Trinajstić information content (AvgIpc) is 2.78. The van der Waals surface area contributed by atoms with Gasteiger partial charge in [0.2, 0.25) is 0 Å². The number of hydrogen-bond donors (Lipinski definition) is 1. The Morgan fingerprint density at radius 1 is 0.355 bits per heavy atom. The Morgan fingerprint density at radius 3 is 0.903 bits per heavy atom. The number of nitrogens with two attached hydrogens (primary N) is 1. The summed E-state index contributed by atoms with van der Waals surface area (Å²) in [6.07, 6.45) is 36.0. The second kappa shape index (κ2) is 24.6. The van der Waals surface area contributed by atoms with Crippen LogP contribution in [0, 0.1) is 5.41 Å². The molecule has 188 valence electrons. The summed E-state index contributed by atoms with van der Waals surface area (Å²) in [4.78, 5) is 0. The van der Waals surface area contributed by atoms with E-state index in [0.717, 1.165) is 6.54 Å². The third kappa shape index (κ3) is 20.3. The second-order valence-electron chi connectivity index (χ2n) is 10.7. The van der Waals surface area contributed by atoms with Gasteiger partial charge >= 0.3 is 0 Å². The van der Waals surface area contributed by atoms with E-state index in [1.54, 1.807) is 0 Å². The van der Waals surface area contributed by atoms with Crippen molar-refractivity contribution in [2.75, 3.05) is 6.54 Å². The minimum atomic E-state index is 0.648. The molecule has 1 heteroatoms. The number of rotatable bonds is 26. The molecule has 0 saturated carbocycles. The Hall–Kier alpha value is -0.0400. The fraction of sp³-hybridized carbons (Fsp3) is 1.00. The zero-order valence-electron chi connectivity index (χ0n) is 22.5. The summed E-state index contributed by atoms with van der Waals surface area (Å²) in [5.74, 6) is 0. The lowest BCUT2D eigenvalue weighted by atomic mass is 9.70. The zero-order valence-corrected chi connectivity index (χ0v) is 22.5. The van der Waals surface area contributed by atoms with Gasteiger partial charge in [0.15, 0.2) is 0 Å². The van der Waals surface area contributed by atoms with E-state index >= 15 is 0 Å². The Bertz CT molecular complexity index is 284. The quantitative estimate of drug-likeness (QED) is 0.134. The molecule has 2 N–H and O–H groups in total. The lowest BCUT2D eigenvalue weighted by molar-refractivity contribution is 0.172. The average molecular weight is 438 g/mol. The van der Waals surface area contributed by atoms with E-state index in [-0.39, 0.29) is 0 Å². The smallest absolute Gasteiger partial charge is 0.00773 e. The highest BCUT2D eigenvalue weighted by atomic mass is 14.5. The van der Waals surface area contributed by atoms with Crippen LogP contribution in [0.3, 0.4) is 0 Å². The Balaban J connectivity index is 4.68. The topological polar surface area (TPSA) is 26.0 Å². The zero-order chi connectivity index (χ0) is 22.9. The third-order valence-electron chi connectivity index (χ3n) is 7.59. The molecule has 1 nitrogen and oxygen atoms in total. The maximum atomic E-state index is 5.79. The molecule has 0 aliphatic rings. The van der Waals surface area contributed by atoms with Crippen molar-refractivity contribution >= 4 is 0 Å². The van der Waals surface area contributed by atoms with Crippen LogP contribution in [0.5, 0.6) is 0 Å². The highest BCUT2D eigenvalue weighted by molar-refractivity contribution is 4.80. The van der Waals surface area contributed by atoms with Gasteiger partial charge in [-0.1, -0.05) is 149 Å². The van der Waals surface area contributed by atoms with E-state index in [9.17, 15) is 0 Å². The van der Waals surface area contributed by atoms with Crippen molar-refractivity contribution in [2.45, 2.75) is 181 Å². The normalized spacial score (nSPS) is 12.0. The molecular formula is C30H63N. The highest BCUT2D eigenvalue weighted by Gasteiger charge is 2.28. The molecule has 0 rings (SSSR count). The molecule has 0 spiro atoms. The lowest BCUT2D eigenvalue weighted by Gasteiger charge is -2.35. The van der Waals surface area contributed by atoms with Crippen molar-refractivity contribution in [2.24, 2.45) is 11.1 Å². The molecule has 0 radical (unpaired) electrons. The SMILES string of the molecule is CCCCCCCCC(CCCCCN)(CCCCCCCC)CCCCCCCC. The molecule has 31 heavy (non-hydrogen) atoms. The summed E-state index contributed by atoms with van der Waals surface area (Å²) >= 11 is 0. The molecule has 0 aromatic carbocycles. The maximum Gasteiger partial charge on any atom is -0.00773 e. The minimum Gasteiger partial charge on any atom is -0.330 e. The van der Waals surface area contributed by atoms with Crippen LogP contribution < -0.4 is 5.73 Å². The van der Waals surface area contributed by atoms with Crippen LogP contribution in [0.2, 0.25) is 0 Å². The van der Waals surface area contributed by atoms with Gasteiger partial charge in [-0.05, 0) is 44.1 Å². The fourth-order valence-corrected chi connectivity index (χ4v) is 5.41. The minimum absolute atomic E-state index is 0.648. The van der Waals surface area contributed by atoms with Crippen LogP contribution in [0.1, 0.15) is 181 Å². The van der Waals surface area contributed by atoms with Crippen molar-refractivity contribution in [3.8, 4) is 0 Å². The van der Waals surface area contributed by atoms with E-state index in [4.69, 9.17) is 5.73 Å². The van der Waals surface area contributed by atoms with Gasteiger partial charge in [0.05, 0.1) is 0 Å². The molecular weight excluding hydrogens is 374 g/mol. The van der Waals surface area contributed by atoms with E-state index in [0.29, 0.717) is 5.41 Å². The van der Waals surface area contributed by atoms with Crippen LogP contribution in [0.4, 0.5) is 0 Å². The summed E-state index contributed by atoms with van der Waals surface area (Å²) in [6, 6.07) is 0. The summed E-state index contributed by atoms with van der Waals surface area (Å²) in [7, 11) is 0. The molecule has 0 amide bonds. The van der Waals surface area contributed by atoms with Gasteiger partial charge in [0, 0.05) is 0 Å². The molecule has 0 fully saturated rings. The van der Waals surface area contributed by atoms with Crippen molar-refractivity contribution < 1.29 is 0 Å². The molecule has 0 bridgehead atoms. The van der Waals surface area contributed by atoms with Crippen molar-refractivity contribution in [3.05, 3.63) is 0 Å². The predicted octanol–water partition coefficient (Wildman–Crippen LogP) is 10.7. The van der Waals surface area contributed by atoms with E-state index in [1.165, 1.54) is 161 Å². The van der Waals surface area contributed by atoms with Crippen LogP contribution in [-0.4, -0.2) is 6.54 Å². The first-order valence-corrected chi connectivity index (χ1v) is 14.9. The van der Waals surface area contributed by atoms with Crippen molar-refractivity contribution in [1.29, 1.82) is 0 Å². The van der Waals surface area contributed by atoms with Crippen molar-refractivity contribution in [3.63, 3.8) is 0 Å². The summed E-state index contributed by atoms with van der Waals surface area (Å²) in [5, 5.41) is 0. The molecule has 0 aliphatic carbocycles. The summed E-state index contributed by atoms with van der Waals surface area (Å²) < 4.78 is 0. The summed E-state index contributed by atoms with van der Waals surface area (Å²) in [5.41, 5.74) is 6.44. The van der Waals surface area contributed by atoms with Gasteiger partial charge < -0.3 is 5.73 Å². The van der Waals surface area contributed by atoms with Crippen LogP contribution in [0.15, 0.2) is 0 Å². The largest absolute Gasteiger partial charge is 0.330 e. The van der Waals surface area contributed by atoms with Gasteiger partial charge in [-0.25, -0.2) is 0 Å². The first kappa shape index (κ1) is 31.0. The monoisotopic (exact) mass is 437 g/mol. The molecule has 0 aromatic heterocycles. The van der Waals surface area contributed by atoms with E-state index in [1.807, 2.05) is 0 Å². The van der Waals surface area contributed by atoms with Gasteiger partial charge in [-0.2, -0.15) is 0 Å². The fourth-order valence-electron chi connectivity index (χ4n) is 5.41. The van der Waals surface area contributed by atoms with Crippen molar-refractivity contribution in [1.82, 2.24) is 0 Å². The van der Waals surface area contributed by atoms with Crippen LogP contribution in [-0.2, 0) is 0 Å². The first-order valence-electron chi connectivity index (χ1n) is 14.9. The van der Waals surface area contributed by atoms with Gasteiger partial charge in [-0.3, -0.25) is 0 Å². The Labute approximate surface area is 199 Å². The Morgan fingerprint density at radius 2 is 0.613 bits per heavy atom. The predicted molar refractivity (Wildman–Crippen MR) is 144 cm³/mol. The lowest BCUT2D eigenvalue weighted by Crippen LogP contribution is -2.22. The number of hydrogen-bond acceptors (Lipinski definition) is 1. The molecule has 0 atom stereocenters. The van der Waals surface area contributed by atoms with Crippen LogP contribution in [0.25, 0.3) is 0 Å². The standard InChI is InChI=1S/C30H63N/c1-4-7-10-13-16-20-25-30(28-23-19-24-29-31,26-21-17-14-11-8-5-2)27-22-18-15-12-9-6-3/h4-29,31H2,1-3H3. The molecule has 0 aromatic rings. The highest BCUT2D eigenvalue weighted by Crippen LogP contribution is 2.42. The third-order valence-corrected chi connectivity index (χ3v) is 7.59. The Kier molecular flexibility index (Phi) is 24.6. The van der Waals surface area contributed by atoms with Gasteiger partial charge in [-0.15, -0.1) is 0 Å². The molecule has 0 heterocycles. The van der Waals surface area contributed by atoms with Gasteiger partial charge in [0.25, 0.3) is 0 Å². The van der Waals surface area contributed by atoms with Gasteiger partial charge in [0.1, 0.15) is 0 Å². The van der Waals surface area contributed by atoms with Crippen LogP contribution >= 0.6 is 0 Å². The maximum absolute atomic E-state index is 5.79. The number of unbranched alkanes of at least 4 members (excludes halogenated alkanes) is 17. The molecule has 0 aliphatic heterocycles. The van der Waals surface area contributed by atoms with E-state index < -0.39 is 0 Å². The van der Waals surface area contributed by atoms with E-state index in [2.05, 4.69) is 20.8 Å². The summed E-state index contributed by atoms with van der Waals surface area (Å²) in [6.45, 7) is 7.85.